The maximum absolute atomic E-state index is 14.1. The molecule has 0 atom stereocenters. The van der Waals surface area contributed by atoms with Gasteiger partial charge in [-0.05, 0) is 61.0 Å². The number of pyridine rings is 2. The van der Waals surface area contributed by atoms with Gasteiger partial charge in [0, 0.05) is 36.8 Å². The van der Waals surface area contributed by atoms with Crippen LogP contribution in [0, 0.1) is 5.82 Å². The van der Waals surface area contributed by atoms with Gasteiger partial charge in [-0.25, -0.2) is 14.4 Å². The first-order valence-electron chi connectivity index (χ1n) is 10.8. The van der Waals surface area contributed by atoms with Gasteiger partial charge in [-0.2, -0.15) is 0 Å². The van der Waals surface area contributed by atoms with Crippen molar-refractivity contribution < 1.29 is 13.9 Å². The third kappa shape index (κ3) is 5.26. The Morgan fingerprint density at radius 2 is 1.85 bits per heavy atom. The van der Waals surface area contributed by atoms with E-state index in [1.54, 1.807) is 38.4 Å². The van der Waals surface area contributed by atoms with Crippen molar-refractivity contribution in [2.45, 2.75) is 19.8 Å². The number of hydrogen-bond acceptors (Lipinski definition) is 5. The Morgan fingerprint density at radius 3 is 2.64 bits per heavy atom. The van der Waals surface area contributed by atoms with Gasteiger partial charge in [-0.1, -0.05) is 19.4 Å². The monoisotopic (exact) mass is 444 g/mol. The molecule has 33 heavy (non-hydrogen) atoms. The molecule has 7 heteroatoms. The Morgan fingerprint density at radius 1 is 1.03 bits per heavy atom. The highest BCUT2D eigenvalue weighted by atomic mass is 19.1. The summed E-state index contributed by atoms with van der Waals surface area (Å²) in [5.41, 5.74) is 2.52. The zero-order chi connectivity index (χ0) is 23.4. The molecular formula is C26H25FN4O2. The summed E-state index contributed by atoms with van der Waals surface area (Å²) in [4.78, 5) is 23.0. The third-order valence-corrected chi connectivity index (χ3v) is 5.04. The lowest BCUT2D eigenvalue weighted by Gasteiger charge is -2.15. The molecule has 0 fully saturated rings. The molecule has 0 aliphatic rings. The number of anilines is 2. The lowest BCUT2D eigenvalue weighted by atomic mass is 10.2. The summed E-state index contributed by atoms with van der Waals surface area (Å²) < 4.78 is 20.1. The molecule has 2 aromatic heterocycles. The van der Waals surface area contributed by atoms with E-state index < -0.39 is 5.82 Å². The zero-order valence-electron chi connectivity index (χ0n) is 18.8. The quantitative estimate of drug-likeness (QED) is 0.381. The van der Waals surface area contributed by atoms with Crippen molar-refractivity contribution in [3.8, 4) is 11.5 Å². The van der Waals surface area contributed by atoms with Crippen LogP contribution in [0.25, 0.3) is 11.0 Å². The van der Waals surface area contributed by atoms with Gasteiger partial charge in [0.15, 0.2) is 11.4 Å². The molecule has 0 saturated carbocycles. The van der Waals surface area contributed by atoms with Gasteiger partial charge < -0.3 is 15.0 Å². The molecule has 0 aliphatic carbocycles. The first-order valence-corrected chi connectivity index (χ1v) is 10.8. The van der Waals surface area contributed by atoms with Crippen molar-refractivity contribution in [1.29, 1.82) is 0 Å². The molecule has 2 aromatic carbocycles. The van der Waals surface area contributed by atoms with Crippen LogP contribution in [0.4, 0.5) is 15.9 Å². The highest BCUT2D eigenvalue weighted by Crippen LogP contribution is 2.33. The van der Waals surface area contributed by atoms with Gasteiger partial charge in [0.2, 0.25) is 0 Å². The van der Waals surface area contributed by atoms with E-state index in [1.165, 1.54) is 23.1 Å². The number of halogens is 1. The first kappa shape index (κ1) is 22.2. The molecule has 0 saturated heterocycles. The minimum absolute atomic E-state index is 0.131. The van der Waals surface area contributed by atoms with E-state index in [2.05, 4.69) is 22.2 Å². The Hall–Kier alpha value is -4.00. The van der Waals surface area contributed by atoms with Crippen LogP contribution >= 0.6 is 0 Å². The molecule has 0 radical (unpaired) electrons. The summed E-state index contributed by atoms with van der Waals surface area (Å²) in [5, 5.41) is 4.07. The molecule has 168 valence electrons. The minimum Gasteiger partial charge on any atom is -0.455 e. The predicted molar refractivity (Wildman–Crippen MR) is 128 cm³/mol. The second-order valence-corrected chi connectivity index (χ2v) is 7.89. The fraction of sp³-hybridized carbons (Fsp3) is 0.192. The van der Waals surface area contributed by atoms with Crippen LogP contribution in [0.3, 0.4) is 0 Å². The van der Waals surface area contributed by atoms with Gasteiger partial charge in [0.05, 0.1) is 5.69 Å². The molecule has 1 amide bonds. The van der Waals surface area contributed by atoms with E-state index in [4.69, 9.17) is 4.74 Å². The Balaban J connectivity index is 1.63. The summed E-state index contributed by atoms with van der Waals surface area (Å²) in [5.74, 6) is 0.851. The van der Waals surface area contributed by atoms with E-state index in [1.807, 2.05) is 24.3 Å². The average Bonchev–Trinajstić information content (AvgIpc) is 2.80. The summed E-state index contributed by atoms with van der Waals surface area (Å²) in [7, 11) is 3.38. The van der Waals surface area contributed by atoms with Crippen molar-refractivity contribution in [3.05, 3.63) is 83.8 Å². The van der Waals surface area contributed by atoms with E-state index in [0.717, 1.165) is 23.9 Å². The Labute approximate surface area is 192 Å². The van der Waals surface area contributed by atoms with Gasteiger partial charge in [0.1, 0.15) is 17.4 Å². The van der Waals surface area contributed by atoms with E-state index >= 15 is 0 Å². The molecule has 4 rings (SSSR count). The van der Waals surface area contributed by atoms with Gasteiger partial charge >= 0.3 is 0 Å². The van der Waals surface area contributed by atoms with Crippen LogP contribution in [0.5, 0.6) is 11.5 Å². The zero-order valence-corrected chi connectivity index (χ0v) is 18.8. The van der Waals surface area contributed by atoms with Crippen LogP contribution in [0.2, 0.25) is 0 Å². The second kappa shape index (κ2) is 9.65. The highest BCUT2D eigenvalue weighted by Gasteiger charge is 2.12. The number of hydrogen-bond donors (Lipinski definition) is 1. The molecule has 0 aliphatic heterocycles. The maximum Gasteiger partial charge on any atom is 0.253 e. The molecule has 4 aromatic rings. The number of ether oxygens (including phenoxy) is 1. The predicted octanol–water partition coefficient (Wildman–Crippen LogP) is 5.96. The van der Waals surface area contributed by atoms with Gasteiger partial charge in [-0.15, -0.1) is 0 Å². The standard InChI is InChI=1S/C26H25FN4O2/c1-4-6-20-12-9-17-10-14-24(30-25(17)28-20)29-22-16-19(27)11-13-23(22)33-21-8-5-7-18(15-21)26(32)31(2)3/h5,7-16H,4,6H2,1-3H3,(H,28,29,30). The minimum atomic E-state index is -0.412. The number of benzene rings is 2. The summed E-state index contributed by atoms with van der Waals surface area (Å²) in [6.07, 6.45) is 1.88. The van der Waals surface area contributed by atoms with Gasteiger partial charge in [-0.3, -0.25) is 4.79 Å². The maximum atomic E-state index is 14.1. The lowest BCUT2D eigenvalue weighted by molar-refractivity contribution is 0.0827. The van der Waals surface area contributed by atoms with Crippen molar-refractivity contribution in [2.24, 2.45) is 0 Å². The molecule has 1 N–H and O–H groups in total. The smallest absolute Gasteiger partial charge is 0.253 e. The van der Waals surface area contributed by atoms with Gasteiger partial charge in [0.25, 0.3) is 5.91 Å². The number of carbonyl (C=O) groups is 1. The molecule has 6 nitrogen and oxygen atoms in total. The van der Waals surface area contributed by atoms with Crippen molar-refractivity contribution in [2.75, 3.05) is 19.4 Å². The largest absolute Gasteiger partial charge is 0.455 e. The van der Waals surface area contributed by atoms with Crippen molar-refractivity contribution in [1.82, 2.24) is 14.9 Å². The second-order valence-electron chi connectivity index (χ2n) is 7.89. The number of aromatic nitrogens is 2. The third-order valence-electron chi connectivity index (χ3n) is 5.04. The lowest BCUT2D eigenvalue weighted by Crippen LogP contribution is -2.21. The number of amides is 1. The van der Waals surface area contributed by atoms with E-state index in [-0.39, 0.29) is 5.91 Å². The SMILES string of the molecule is CCCc1ccc2ccc(Nc3cc(F)ccc3Oc3cccc(C(=O)N(C)C)c3)nc2n1. The number of nitrogens with one attached hydrogen (secondary N) is 1. The number of aryl methyl sites for hydroxylation is 1. The summed E-state index contributed by atoms with van der Waals surface area (Å²) in [6.45, 7) is 2.11. The van der Waals surface area contributed by atoms with Crippen LogP contribution in [-0.2, 0) is 6.42 Å². The number of rotatable bonds is 7. The number of carbonyl (C=O) groups excluding carboxylic acids is 1. The Kier molecular flexibility index (Phi) is 6.49. The van der Waals surface area contributed by atoms with Crippen molar-refractivity contribution >= 4 is 28.4 Å². The first-order chi connectivity index (χ1) is 15.9. The Bertz CT molecular complexity index is 1310. The number of fused-ring (bicyclic) bond motifs is 1. The highest BCUT2D eigenvalue weighted by molar-refractivity contribution is 5.94. The van der Waals surface area contributed by atoms with Crippen LogP contribution in [0.15, 0.2) is 66.7 Å². The number of nitrogens with zero attached hydrogens (tertiary/aromatic N) is 3. The molecular weight excluding hydrogens is 419 g/mol. The van der Waals surface area contributed by atoms with E-state index in [9.17, 15) is 9.18 Å². The average molecular weight is 445 g/mol. The van der Waals surface area contributed by atoms with Crippen LogP contribution in [0.1, 0.15) is 29.4 Å². The normalized spacial score (nSPS) is 10.8. The summed E-state index contributed by atoms with van der Waals surface area (Å²) in [6, 6.07) is 18.8. The van der Waals surface area contributed by atoms with Crippen LogP contribution < -0.4 is 10.1 Å². The topological polar surface area (TPSA) is 67.3 Å². The molecule has 2 heterocycles. The fourth-order valence-electron chi connectivity index (χ4n) is 3.41. The molecule has 0 bridgehead atoms. The van der Waals surface area contributed by atoms with Crippen molar-refractivity contribution in [3.63, 3.8) is 0 Å². The summed E-state index contributed by atoms with van der Waals surface area (Å²) >= 11 is 0. The fourth-order valence-corrected chi connectivity index (χ4v) is 3.41. The molecule has 0 spiro atoms. The van der Waals surface area contributed by atoms with E-state index in [0.29, 0.717) is 34.2 Å². The van der Waals surface area contributed by atoms with Crippen LogP contribution in [-0.4, -0.2) is 34.9 Å². The molecule has 0 unspecified atom stereocenters.